The normalized spacial score (nSPS) is 19.3. The Hall–Kier alpha value is -2.57. The molecule has 2 aromatic rings. The van der Waals surface area contributed by atoms with E-state index in [2.05, 4.69) is 0 Å². The maximum atomic E-state index is 12.8. The molecule has 0 radical (unpaired) electrons. The molecular formula is C22H21Cl2N3O3. The van der Waals surface area contributed by atoms with Crippen LogP contribution in [0.2, 0.25) is 10.0 Å². The topological polar surface area (TPSA) is 60.9 Å². The van der Waals surface area contributed by atoms with Gasteiger partial charge in [-0.25, -0.2) is 0 Å². The molecule has 0 spiro atoms. The van der Waals surface area contributed by atoms with E-state index in [1.807, 2.05) is 0 Å². The summed E-state index contributed by atoms with van der Waals surface area (Å²) < 4.78 is 0. The van der Waals surface area contributed by atoms with Crippen molar-refractivity contribution in [2.24, 2.45) is 0 Å². The van der Waals surface area contributed by atoms with Crippen LogP contribution in [-0.4, -0.2) is 71.2 Å². The van der Waals surface area contributed by atoms with Crippen molar-refractivity contribution in [1.82, 2.24) is 14.7 Å². The second-order valence-electron chi connectivity index (χ2n) is 7.52. The van der Waals surface area contributed by atoms with E-state index < -0.39 is 0 Å². The molecule has 3 amide bonds. The van der Waals surface area contributed by atoms with Crippen molar-refractivity contribution in [3.05, 3.63) is 69.7 Å². The first-order valence-electron chi connectivity index (χ1n) is 9.81. The van der Waals surface area contributed by atoms with E-state index in [4.69, 9.17) is 23.2 Å². The molecule has 156 valence electrons. The fourth-order valence-electron chi connectivity index (χ4n) is 3.98. The molecule has 2 aliphatic rings. The lowest BCUT2D eigenvalue weighted by atomic mass is 10.1. The fourth-order valence-corrected chi connectivity index (χ4v) is 4.23. The van der Waals surface area contributed by atoms with E-state index >= 15 is 0 Å². The van der Waals surface area contributed by atoms with Crippen molar-refractivity contribution in [3.8, 4) is 0 Å². The summed E-state index contributed by atoms with van der Waals surface area (Å²) >= 11 is 11.8. The molecule has 4 rings (SSSR count). The summed E-state index contributed by atoms with van der Waals surface area (Å²) in [5.74, 6) is -0.321. The highest BCUT2D eigenvalue weighted by Crippen LogP contribution is 2.22. The van der Waals surface area contributed by atoms with Crippen LogP contribution in [0.3, 0.4) is 0 Å². The summed E-state index contributed by atoms with van der Waals surface area (Å²) in [6.45, 7) is 2.07. The van der Waals surface area contributed by atoms with Crippen LogP contribution >= 0.6 is 23.2 Å². The minimum Gasteiger partial charge on any atom is -0.337 e. The molecule has 2 aliphatic heterocycles. The Kier molecular flexibility index (Phi) is 5.97. The molecule has 2 aromatic carbocycles. The highest BCUT2D eigenvalue weighted by molar-refractivity contribution is 6.31. The number of carbonyl (C=O) groups is 3. The van der Waals surface area contributed by atoms with Gasteiger partial charge in [0.2, 0.25) is 5.91 Å². The van der Waals surface area contributed by atoms with E-state index in [1.165, 1.54) is 0 Å². The third-order valence-corrected chi connectivity index (χ3v) is 6.12. The Balaban J connectivity index is 1.35. The molecule has 6 nitrogen and oxygen atoms in total. The van der Waals surface area contributed by atoms with E-state index in [0.29, 0.717) is 47.4 Å². The van der Waals surface area contributed by atoms with Gasteiger partial charge in [-0.1, -0.05) is 23.2 Å². The highest BCUT2D eigenvalue weighted by Gasteiger charge is 2.36. The van der Waals surface area contributed by atoms with Crippen LogP contribution in [0, 0.1) is 0 Å². The molecule has 2 heterocycles. The van der Waals surface area contributed by atoms with Crippen LogP contribution in [0.1, 0.15) is 27.1 Å². The predicted molar refractivity (Wildman–Crippen MR) is 115 cm³/mol. The third kappa shape index (κ3) is 4.30. The zero-order chi connectivity index (χ0) is 21.3. The monoisotopic (exact) mass is 445 g/mol. The van der Waals surface area contributed by atoms with Crippen LogP contribution < -0.4 is 0 Å². The first-order valence-corrected chi connectivity index (χ1v) is 10.6. The molecule has 2 fully saturated rings. The number of carbonyl (C=O) groups excluding carboxylic acids is 3. The van der Waals surface area contributed by atoms with Crippen LogP contribution in [0.4, 0.5) is 0 Å². The quantitative estimate of drug-likeness (QED) is 0.728. The summed E-state index contributed by atoms with van der Waals surface area (Å²) in [5.41, 5.74) is 1.10. The number of hydrogen-bond donors (Lipinski definition) is 0. The summed E-state index contributed by atoms with van der Waals surface area (Å²) in [4.78, 5) is 43.3. The summed E-state index contributed by atoms with van der Waals surface area (Å²) in [5, 5.41) is 1.15. The lowest BCUT2D eigenvalue weighted by Crippen LogP contribution is -2.56. The second kappa shape index (κ2) is 8.66. The van der Waals surface area contributed by atoms with Crippen molar-refractivity contribution in [2.45, 2.75) is 12.5 Å². The van der Waals surface area contributed by atoms with Gasteiger partial charge in [0.25, 0.3) is 11.8 Å². The van der Waals surface area contributed by atoms with Crippen LogP contribution in [0.15, 0.2) is 48.5 Å². The molecule has 0 bridgehead atoms. The van der Waals surface area contributed by atoms with E-state index in [1.54, 1.807) is 63.2 Å². The summed E-state index contributed by atoms with van der Waals surface area (Å²) in [6, 6.07) is 13.5. The van der Waals surface area contributed by atoms with Gasteiger partial charge in [-0.05, 0) is 55.0 Å². The van der Waals surface area contributed by atoms with Crippen molar-refractivity contribution < 1.29 is 14.4 Å². The molecule has 0 unspecified atom stereocenters. The van der Waals surface area contributed by atoms with Gasteiger partial charge >= 0.3 is 0 Å². The molecule has 1 atom stereocenters. The number of nitrogens with zero attached hydrogens (tertiary/aromatic N) is 3. The van der Waals surface area contributed by atoms with Gasteiger partial charge < -0.3 is 14.7 Å². The van der Waals surface area contributed by atoms with E-state index in [-0.39, 0.29) is 30.3 Å². The average molecular weight is 446 g/mol. The molecular weight excluding hydrogens is 425 g/mol. The van der Waals surface area contributed by atoms with Gasteiger partial charge in [0.05, 0.1) is 6.04 Å². The van der Waals surface area contributed by atoms with Crippen molar-refractivity contribution >= 4 is 40.9 Å². The SMILES string of the molecule is O=C(c1ccc(Cl)cc1)N1CCN([C@H]2CCN(C(=O)c3ccc(Cl)cc3)C2)C(=O)C1. The van der Waals surface area contributed by atoms with E-state index in [0.717, 1.165) is 6.42 Å². The van der Waals surface area contributed by atoms with Crippen LogP contribution in [-0.2, 0) is 4.79 Å². The van der Waals surface area contributed by atoms with E-state index in [9.17, 15) is 14.4 Å². The molecule has 0 saturated carbocycles. The van der Waals surface area contributed by atoms with Crippen LogP contribution in [0.25, 0.3) is 0 Å². The largest absolute Gasteiger partial charge is 0.337 e. The van der Waals surface area contributed by atoms with Gasteiger partial charge in [0.15, 0.2) is 0 Å². The zero-order valence-corrected chi connectivity index (χ0v) is 17.8. The molecule has 30 heavy (non-hydrogen) atoms. The predicted octanol–water partition coefficient (Wildman–Crippen LogP) is 3.19. The average Bonchev–Trinajstić information content (AvgIpc) is 3.23. The summed E-state index contributed by atoms with van der Waals surface area (Å²) in [6.07, 6.45) is 0.732. The Bertz CT molecular complexity index is 963. The number of amides is 3. The maximum Gasteiger partial charge on any atom is 0.254 e. The minimum absolute atomic E-state index is 0.0264. The maximum absolute atomic E-state index is 12.8. The Labute approximate surface area is 184 Å². The smallest absolute Gasteiger partial charge is 0.254 e. The number of hydrogen-bond acceptors (Lipinski definition) is 3. The van der Waals surface area contributed by atoms with Gasteiger partial charge in [0.1, 0.15) is 6.54 Å². The first-order chi connectivity index (χ1) is 14.4. The molecule has 0 aliphatic carbocycles. The number of rotatable bonds is 3. The first kappa shape index (κ1) is 20.7. The number of benzene rings is 2. The number of likely N-dealkylation sites (tertiary alicyclic amines) is 1. The van der Waals surface area contributed by atoms with Gasteiger partial charge in [-0.3, -0.25) is 14.4 Å². The lowest BCUT2D eigenvalue weighted by Gasteiger charge is -2.37. The summed E-state index contributed by atoms with van der Waals surface area (Å²) in [7, 11) is 0. The van der Waals surface area contributed by atoms with Gasteiger partial charge in [-0.2, -0.15) is 0 Å². The molecule has 8 heteroatoms. The minimum atomic E-state index is -0.175. The molecule has 0 aromatic heterocycles. The van der Waals surface area contributed by atoms with Gasteiger partial charge in [-0.15, -0.1) is 0 Å². The van der Waals surface area contributed by atoms with Crippen molar-refractivity contribution in [1.29, 1.82) is 0 Å². The number of piperazine rings is 1. The highest BCUT2D eigenvalue weighted by atomic mass is 35.5. The van der Waals surface area contributed by atoms with Gasteiger partial charge in [0, 0.05) is 47.4 Å². The molecule has 2 saturated heterocycles. The number of halogens is 2. The standard InChI is InChI=1S/C22H21Cl2N3O3/c23-17-5-1-15(2-6-17)21(29)25-10-9-19(13-25)27-12-11-26(14-20(27)28)22(30)16-3-7-18(24)8-4-16/h1-8,19H,9-14H2/t19-/m0/s1. The lowest BCUT2D eigenvalue weighted by molar-refractivity contribution is -0.137. The third-order valence-electron chi connectivity index (χ3n) is 5.62. The van der Waals surface area contributed by atoms with Crippen LogP contribution in [0.5, 0.6) is 0 Å². The Morgan fingerprint density at radius 3 is 1.83 bits per heavy atom. The Morgan fingerprint density at radius 1 is 0.767 bits per heavy atom. The Morgan fingerprint density at radius 2 is 1.30 bits per heavy atom. The molecule has 0 N–H and O–H groups in total. The van der Waals surface area contributed by atoms with Crippen molar-refractivity contribution in [2.75, 3.05) is 32.7 Å². The fraction of sp³-hybridized carbons (Fsp3) is 0.318. The second-order valence-corrected chi connectivity index (χ2v) is 8.39. The van der Waals surface area contributed by atoms with Crippen molar-refractivity contribution in [3.63, 3.8) is 0 Å². The zero-order valence-electron chi connectivity index (χ0n) is 16.3.